The molecule has 0 aromatic rings. The zero-order chi connectivity index (χ0) is 23.6. The van der Waals surface area contributed by atoms with Gasteiger partial charge in [0, 0.05) is 5.41 Å². The molecule has 0 spiro atoms. The van der Waals surface area contributed by atoms with E-state index in [4.69, 9.17) is 26.4 Å². The Kier molecular flexibility index (Phi) is 12.6. The summed E-state index contributed by atoms with van der Waals surface area (Å²) < 4.78 is 16.2. The number of methoxy groups -OCH3 is 1. The maximum atomic E-state index is 13.0. The van der Waals surface area contributed by atoms with Crippen LogP contribution in [0.25, 0.3) is 0 Å². The van der Waals surface area contributed by atoms with Gasteiger partial charge in [0.1, 0.15) is 14.4 Å². The second-order valence-electron chi connectivity index (χ2n) is 9.24. The number of thiocarbonyl (C=S) groups is 1. The fourth-order valence-electron chi connectivity index (χ4n) is 3.13. The topological polar surface area (TPSA) is 78.9 Å². The zero-order valence-electron chi connectivity index (χ0n) is 19.4. The van der Waals surface area contributed by atoms with Crippen molar-refractivity contribution < 1.29 is 28.6 Å². The molecule has 0 saturated heterocycles. The molecule has 0 bridgehead atoms. The molecule has 0 radical (unpaired) electrons. The van der Waals surface area contributed by atoms with Gasteiger partial charge in [0.05, 0.1) is 19.1 Å². The first-order chi connectivity index (χ1) is 13.7. The molecule has 2 unspecified atom stereocenters. The molecule has 0 aliphatic heterocycles. The monoisotopic (exact) mass is 480 g/mol. The zero-order valence-corrected chi connectivity index (χ0v) is 21.8. The van der Waals surface area contributed by atoms with Crippen molar-refractivity contribution in [1.82, 2.24) is 0 Å². The fourth-order valence-corrected chi connectivity index (χ4v) is 5.79. The van der Waals surface area contributed by atoms with Gasteiger partial charge in [0.2, 0.25) is 0 Å². The summed E-state index contributed by atoms with van der Waals surface area (Å²) in [6, 6.07) is 0. The summed E-state index contributed by atoms with van der Waals surface area (Å²) in [5.41, 5.74) is -2.15. The van der Waals surface area contributed by atoms with E-state index in [2.05, 4.69) is 6.92 Å². The van der Waals surface area contributed by atoms with E-state index in [-0.39, 0.29) is 13.0 Å². The number of rotatable bonds is 12. The van der Waals surface area contributed by atoms with Crippen molar-refractivity contribution in [1.29, 1.82) is 0 Å². The van der Waals surface area contributed by atoms with Crippen molar-refractivity contribution in [2.75, 3.05) is 19.5 Å². The Hall–Kier alpha value is -0.800. The lowest BCUT2D eigenvalue weighted by Crippen LogP contribution is -2.41. The predicted molar refractivity (Wildman–Crippen MR) is 128 cm³/mol. The van der Waals surface area contributed by atoms with Crippen LogP contribution in [0.15, 0.2) is 0 Å². The maximum Gasteiger partial charge on any atom is 0.320 e. The smallest absolute Gasteiger partial charge is 0.320 e. The minimum atomic E-state index is -0.996. The summed E-state index contributed by atoms with van der Waals surface area (Å²) >= 11 is 8.22. The minimum Gasteiger partial charge on any atom is -0.469 e. The fraction of sp³-hybridized carbons (Fsp3) is 0.810. The first kappa shape index (κ1) is 29.2. The summed E-state index contributed by atoms with van der Waals surface area (Å²) in [5.74, 6) is 0.0176. The molecule has 0 aromatic carbocycles. The second-order valence-corrected chi connectivity index (χ2v) is 12.7. The van der Waals surface area contributed by atoms with E-state index in [1.165, 1.54) is 30.6 Å². The van der Waals surface area contributed by atoms with Crippen molar-refractivity contribution in [2.45, 2.75) is 78.6 Å². The van der Waals surface area contributed by atoms with Gasteiger partial charge in [-0.25, -0.2) is 0 Å². The Bertz CT molecular complexity index is 600. The van der Waals surface area contributed by atoms with Crippen LogP contribution >= 0.6 is 35.7 Å². The lowest BCUT2D eigenvalue weighted by Gasteiger charge is -2.36. The molecular weight excluding hydrogens is 444 g/mol. The molecule has 0 rings (SSSR count). The molecule has 9 heteroatoms. The number of thioether (sulfide) groups is 2. The van der Waals surface area contributed by atoms with Gasteiger partial charge in [-0.05, 0) is 52.7 Å². The molecule has 2 atom stereocenters. The van der Waals surface area contributed by atoms with Gasteiger partial charge in [-0.3, -0.25) is 14.4 Å². The normalized spacial score (nSPS) is 14.9. The van der Waals surface area contributed by atoms with Crippen LogP contribution in [-0.4, -0.2) is 52.3 Å². The molecule has 0 fully saturated rings. The van der Waals surface area contributed by atoms with Crippen LogP contribution in [0.2, 0.25) is 0 Å². The highest BCUT2D eigenvalue weighted by Crippen LogP contribution is 2.42. The molecule has 30 heavy (non-hydrogen) atoms. The highest BCUT2D eigenvalue weighted by molar-refractivity contribution is 8.47. The summed E-state index contributed by atoms with van der Waals surface area (Å²) in [5, 5.41) is -0.659. The van der Waals surface area contributed by atoms with Crippen LogP contribution in [0.5, 0.6) is 0 Å². The molecule has 174 valence electrons. The van der Waals surface area contributed by atoms with Crippen molar-refractivity contribution in [3.63, 3.8) is 0 Å². The van der Waals surface area contributed by atoms with E-state index in [1.54, 1.807) is 27.7 Å². The number of esters is 2. The molecule has 0 aromatic heterocycles. The lowest BCUT2D eigenvalue weighted by atomic mass is 9.71. The van der Waals surface area contributed by atoms with E-state index in [0.717, 1.165) is 12.2 Å². The Morgan fingerprint density at radius 3 is 2.20 bits per heavy atom. The number of hydrogen-bond acceptors (Lipinski definition) is 9. The average molecular weight is 481 g/mol. The third-order valence-electron chi connectivity index (χ3n) is 4.06. The standard InChI is InChI=1S/C21H36O6S3/c1-9-10-29-18(28)30-15(16(23)27-19(2,3)4)11-21(7,17(24)25-8)12-20(5,6)13-26-14-22/h14-15H,9-13H2,1-8H3. The number of ether oxygens (including phenoxy) is 3. The molecule has 0 heterocycles. The first-order valence-electron chi connectivity index (χ1n) is 9.89. The van der Waals surface area contributed by atoms with Gasteiger partial charge >= 0.3 is 11.9 Å². The molecular formula is C21H36O6S3. The maximum absolute atomic E-state index is 13.0. The van der Waals surface area contributed by atoms with Crippen LogP contribution in [-0.2, 0) is 28.6 Å². The Labute approximate surface area is 194 Å². The van der Waals surface area contributed by atoms with Crippen LogP contribution in [0.3, 0.4) is 0 Å². The van der Waals surface area contributed by atoms with Gasteiger partial charge in [0.15, 0.2) is 0 Å². The minimum absolute atomic E-state index is 0.151. The summed E-state index contributed by atoms with van der Waals surface area (Å²) in [6.45, 7) is 13.6. The lowest BCUT2D eigenvalue weighted by molar-refractivity contribution is -0.158. The summed E-state index contributed by atoms with van der Waals surface area (Å²) in [6.07, 6.45) is 1.51. The van der Waals surface area contributed by atoms with Crippen molar-refractivity contribution >= 4 is 57.7 Å². The third kappa shape index (κ3) is 11.6. The number of carbonyl (C=O) groups excluding carboxylic acids is 3. The van der Waals surface area contributed by atoms with E-state index in [9.17, 15) is 14.4 Å². The van der Waals surface area contributed by atoms with Crippen molar-refractivity contribution in [3.8, 4) is 0 Å². The van der Waals surface area contributed by atoms with E-state index >= 15 is 0 Å². The van der Waals surface area contributed by atoms with Crippen LogP contribution < -0.4 is 0 Å². The molecule has 0 aliphatic carbocycles. The predicted octanol–water partition coefficient (Wildman–Crippen LogP) is 5.02. The molecule has 0 aliphatic rings. The van der Waals surface area contributed by atoms with E-state index in [0.29, 0.717) is 16.4 Å². The number of hydrogen-bond donors (Lipinski definition) is 0. The SMILES string of the molecule is CCCSC(=S)SC(CC(C)(CC(C)(C)COC=O)C(=O)OC)C(=O)OC(C)(C)C. The number of carbonyl (C=O) groups is 3. The summed E-state index contributed by atoms with van der Waals surface area (Å²) in [7, 11) is 1.33. The van der Waals surface area contributed by atoms with Crippen molar-refractivity contribution in [3.05, 3.63) is 0 Å². The van der Waals surface area contributed by atoms with E-state index < -0.39 is 33.6 Å². The van der Waals surface area contributed by atoms with Crippen LogP contribution in [0.4, 0.5) is 0 Å². The molecule has 6 nitrogen and oxygen atoms in total. The Morgan fingerprint density at radius 2 is 1.73 bits per heavy atom. The van der Waals surface area contributed by atoms with Gasteiger partial charge in [-0.15, -0.1) is 11.8 Å². The van der Waals surface area contributed by atoms with Crippen LogP contribution in [0.1, 0.15) is 67.7 Å². The molecule has 0 saturated carbocycles. The average Bonchev–Trinajstić information content (AvgIpc) is 2.61. The molecule has 0 N–H and O–H groups in total. The highest BCUT2D eigenvalue weighted by Gasteiger charge is 2.44. The quantitative estimate of drug-likeness (QED) is 0.166. The van der Waals surface area contributed by atoms with Gasteiger partial charge in [-0.2, -0.15) is 0 Å². The van der Waals surface area contributed by atoms with Gasteiger partial charge < -0.3 is 14.2 Å². The van der Waals surface area contributed by atoms with Gasteiger partial charge in [-0.1, -0.05) is 44.8 Å². The molecule has 0 amide bonds. The summed E-state index contributed by atoms with van der Waals surface area (Å²) in [4.78, 5) is 36.3. The highest BCUT2D eigenvalue weighted by atomic mass is 32.2. The Morgan fingerprint density at radius 1 is 1.13 bits per heavy atom. The van der Waals surface area contributed by atoms with E-state index in [1.807, 2.05) is 13.8 Å². The second kappa shape index (κ2) is 12.9. The third-order valence-corrected chi connectivity index (χ3v) is 7.03. The Balaban J connectivity index is 5.77. The largest absolute Gasteiger partial charge is 0.469 e. The van der Waals surface area contributed by atoms with Crippen molar-refractivity contribution in [2.24, 2.45) is 10.8 Å². The first-order valence-corrected chi connectivity index (χ1v) is 12.2. The van der Waals surface area contributed by atoms with Gasteiger partial charge in [0.25, 0.3) is 6.47 Å². The van der Waals surface area contributed by atoms with Crippen LogP contribution in [0, 0.1) is 10.8 Å².